The number of nitrogens with one attached hydrogen (secondary N) is 1. The zero-order chi connectivity index (χ0) is 14.0. The van der Waals surface area contributed by atoms with Gasteiger partial charge in [-0.05, 0) is 25.5 Å². The van der Waals surface area contributed by atoms with Crippen LogP contribution in [-0.2, 0) is 0 Å². The molecule has 5 heteroatoms. The van der Waals surface area contributed by atoms with Gasteiger partial charge in [-0.3, -0.25) is 0 Å². The average Bonchev–Trinajstić information content (AvgIpc) is 2.36. The summed E-state index contributed by atoms with van der Waals surface area (Å²) in [4.78, 5) is 0. The van der Waals surface area contributed by atoms with Gasteiger partial charge in [-0.1, -0.05) is 30.1 Å². The van der Waals surface area contributed by atoms with Crippen LogP contribution in [0, 0.1) is 0 Å². The summed E-state index contributed by atoms with van der Waals surface area (Å²) >= 11 is 12.2. The number of halogens is 2. The number of ether oxygens (including phenoxy) is 1. The van der Waals surface area contributed by atoms with E-state index in [0.717, 1.165) is 12.0 Å². The van der Waals surface area contributed by atoms with Crippen LogP contribution < -0.4 is 10.1 Å². The van der Waals surface area contributed by atoms with Gasteiger partial charge in [0.15, 0.2) is 0 Å². The number of rotatable bonds is 4. The Kier molecular flexibility index (Phi) is 4.62. The van der Waals surface area contributed by atoms with Gasteiger partial charge in [-0.15, -0.1) is 0 Å². The fourth-order valence-electron chi connectivity index (χ4n) is 2.11. The van der Waals surface area contributed by atoms with Gasteiger partial charge in [0.1, 0.15) is 5.75 Å². The summed E-state index contributed by atoms with van der Waals surface area (Å²) in [5.74, 6) is 0.700. The van der Waals surface area contributed by atoms with Gasteiger partial charge in [-0.2, -0.15) is 0 Å². The summed E-state index contributed by atoms with van der Waals surface area (Å²) in [6, 6.07) is 3.67. The molecule has 0 aliphatic carbocycles. The number of aliphatic hydroxyl groups is 1. The standard InChI is InChI=1S/C14H19Cl2NO2/c1-3-14(2,18)8-17-12-4-5-19-13-10(12)6-9(15)7-11(13)16/h6-7,12,17-18H,3-5,8H2,1-2H3. The van der Waals surface area contributed by atoms with Crippen LogP contribution in [0.15, 0.2) is 12.1 Å². The van der Waals surface area contributed by atoms with E-state index < -0.39 is 5.60 Å². The summed E-state index contributed by atoms with van der Waals surface area (Å²) in [6.07, 6.45) is 1.54. The SMILES string of the molecule is CCC(C)(O)CNC1CCOc2c(Cl)cc(Cl)cc21. The lowest BCUT2D eigenvalue weighted by atomic mass is 9.98. The maximum Gasteiger partial charge on any atom is 0.142 e. The van der Waals surface area contributed by atoms with E-state index in [1.54, 1.807) is 6.07 Å². The zero-order valence-corrected chi connectivity index (χ0v) is 12.7. The maximum atomic E-state index is 10.1. The van der Waals surface area contributed by atoms with Crippen molar-refractivity contribution in [1.29, 1.82) is 0 Å². The quantitative estimate of drug-likeness (QED) is 0.893. The van der Waals surface area contributed by atoms with E-state index in [4.69, 9.17) is 27.9 Å². The third-order valence-corrected chi connectivity index (χ3v) is 4.06. The molecule has 106 valence electrons. The predicted octanol–water partition coefficient (Wildman–Crippen LogP) is 3.57. The Morgan fingerprint density at radius 3 is 2.89 bits per heavy atom. The lowest BCUT2D eigenvalue weighted by Crippen LogP contribution is -2.40. The van der Waals surface area contributed by atoms with Crippen LogP contribution in [0.3, 0.4) is 0 Å². The average molecular weight is 304 g/mol. The minimum Gasteiger partial charge on any atom is -0.492 e. The van der Waals surface area contributed by atoms with E-state index in [1.807, 2.05) is 19.9 Å². The summed E-state index contributed by atoms with van der Waals surface area (Å²) in [5, 5.41) is 14.6. The minimum absolute atomic E-state index is 0.109. The van der Waals surface area contributed by atoms with Gasteiger partial charge in [0, 0.05) is 29.6 Å². The van der Waals surface area contributed by atoms with Crippen molar-refractivity contribution in [2.45, 2.75) is 38.3 Å². The van der Waals surface area contributed by atoms with Crippen LogP contribution in [0.1, 0.15) is 38.3 Å². The first kappa shape index (κ1) is 14.9. The molecule has 0 amide bonds. The molecule has 2 N–H and O–H groups in total. The van der Waals surface area contributed by atoms with Gasteiger partial charge in [0.05, 0.1) is 17.2 Å². The highest BCUT2D eigenvalue weighted by Gasteiger charge is 2.26. The van der Waals surface area contributed by atoms with E-state index in [0.29, 0.717) is 35.4 Å². The van der Waals surface area contributed by atoms with Crippen molar-refractivity contribution in [3.63, 3.8) is 0 Å². The third kappa shape index (κ3) is 3.54. The van der Waals surface area contributed by atoms with Crippen molar-refractivity contribution in [3.05, 3.63) is 27.7 Å². The molecular weight excluding hydrogens is 285 g/mol. The largest absolute Gasteiger partial charge is 0.492 e. The second kappa shape index (κ2) is 5.88. The molecule has 0 radical (unpaired) electrons. The minimum atomic E-state index is -0.708. The van der Waals surface area contributed by atoms with E-state index in [-0.39, 0.29) is 6.04 Å². The van der Waals surface area contributed by atoms with Crippen molar-refractivity contribution in [2.75, 3.05) is 13.2 Å². The molecule has 1 aliphatic rings. The first-order valence-electron chi connectivity index (χ1n) is 6.50. The fourth-order valence-corrected chi connectivity index (χ4v) is 2.67. The van der Waals surface area contributed by atoms with Crippen molar-refractivity contribution in [3.8, 4) is 5.75 Å². The van der Waals surface area contributed by atoms with Crippen LogP contribution in [0.25, 0.3) is 0 Å². The maximum absolute atomic E-state index is 10.1. The van der Waals surface area contributed by atoms with Crippen LogP contribution in [0.4, 0.5) is 0 Å². The monoisotopic (exact) mass is 303 g/mol. The molecule has 3 nitrogen and oxygen atoms in total. The highest BCUT2D eigenvalue weighted by molar-refractivity contribution is 6.35. The summed E-state index contributed by atoms with van der Waals surface area (Å²) in [6.45, 7) is 4.93. The van der Waals surface area contributed by atoms with Crippen LogP contribution >= 0.6 is 23.2 Å². The molecule has 19 heavy (non-hydrogen) atoms. The molecule has 1 aromatic rings. The molecule has 1 aliphatic heterocycles. The Morgan fingerprint density at radius 2 is 2.21 bits per heavy atom. The molecule has 2 rings (SSSR count). The van der Waals surface area contributed by atoms with E-state index in [1.165, 1.54) is 0 Å². The van der Waals surface area contributed by atoms with Gasteiger partial charge in [-0.25, -0.2) is 0 Å². The topological polar surface area (TPSA) is 41.5 Å². The van der Waals surface area contributed by atoms with E-state index in [9.17, 15) is 5.11 Å². The molecule has 2 unspecified atom stereocenters. The van der Waals surface area contributed by atoms with E-state index >= 15 is 0 Å². The first-order chi connectivity index (χ1) is 8.93. The Bertz CT molecular complexity index is 463. The van der Waals surface area contributed by atoms with Gasteiger partial charge < -0.3 is 15.2 Å². The molecule has 0 bridgehead atoms. The lowest BCUT2D eigenvalue weighted by Gasteiger charge is -2.31. The summed E-state index contributed by atoms with van der Waals surface area (Å²) in [5.41, 5.74) is 0.261. The predicted molar refractivity (Wildman–Crippen MR) is 78.2 cm³/mol. The van der Waals surface area contributed by atoms with Gasteiger partial charge in [0.2, 0.25) is 0 Å². The first-order valence-corrected chi connectivity index (χ1v) is 7.26. The summed E-state index contributed by atoms with van der Waals surface area (Å²) < 4.78 is 5.60. The Balaban J connectivity index is 2.18. The van der Waals surface area contributed by atoms with Crippen LogP contribution in [0.2, 0.25) is 10.0 Å². The molecule has 0 spiro atoms. The molecule has 0 saturated heterocycles. The normalized spacial score (nSPS) is 21.4. The number of fused-ring (bicyclic) bond motifs is 1. The summed E-state index contributed by atoms with van der Waals surface area (Å²) in [7, 11) is 0. The second-order valence-electron chi connectivity index (χ2n) is 5.23. The molecule has 2 atom stereocenters. The second-order valence-corrected chi connectivity index (χ2v) is 6.07. The molecular formula is C14H19Cl2NO2. The molecule has 0 fully saturated rings. The Hall–Kier alpha value is -0.480. The molecule has 0 aromatic heterocycles. The highest BCUT2D eigenvalue weighted by atomic mass is 35.5. The van der Waals surface area contributed by atoms with Crippen molar-refractivity contribution in [2.24, 2.45) is 0 Å². The lowest BCUT2D eigenvalue weighted by molar-refractivity contribution is 0.0509. The van der Waals surface area contributed by atoms with E-state index in [2.05, 4.69) is 5.32 Å². The smallest absolute Gasteiger partial charge is 0.142 e. The Morgan fingerprint density at radius 1 is 1.47 bits per heavy atom. The Labute approximate surface area is 123 Å². The third-order valence-electron chi connectivity index (χ3n) is 3.56. The number of hydrogen-bond acceptors (Lipinski definition) is 3. The van der Waals surface area contributed by atoms with Crippen LogP contribution in [0.5, 0.6) is 5.75 Å². The number of benzene rings is 1. The molecule has 1 aromatic carbocycles. The van der Waals surface area contributed by atoms with Crippen molar-refractivity contribution >= 4 is 23.2 Å². The van der Waals surface area contributed by atoms with Crippen LogP contribution in [-0.4, -0.2) is 23.9 Å². The van der Waals surface area contributed by atoms with Crippen molar-refractivity contribution < 1.29 is 9.84 Å². The fraction of sp³-hybridized carbons (Fsp3) is 0.571. The van der Waals surface area contributed by atoms with Crippen molar-refractivity contribution in [1.82, 2.24) is 5.32 Å². The van der Waals surface area contributed by atoms with Gasteiger partial charge >= 0.3 is 0 Å². The molecule has 0 saturated carbocycles. The zero-order valence-electron chi connectivity index (χ0n) is 11.2. The number of hydrogen-bond donors (Lipinski definition) is 2. The molecule has 1 heterocycles. The van der Waals surface area contributed by atoms with Gasteiger partial charge in [0.25, 0.3) is 0 Å². The highest BCUT2D eigenvalue weighted by Crippen LogP contribution is 2.40.